The van der Waals surface area contributed by atoms with Crippen LogP contribution in [0.25, 0.3) is 0 Å². The first-order valence-corrected chi connectivity index (χ1v) is 5.94. The van der Waals surface area contributed by atoms with Gasteiger partial charge < -0.3 is 19.5 Å². The van der Waals surface area contributed by atoms with Crippen molar-refractivity contribution >= 4 is 5.91 Å². The highest BCUT2D eigenvalue weighted by Gasteiger charge is 2.13. The molecule has 1 N–H and O–H groups in total. The van der Waals surface area contributed by atoms with Gasteiger partial charge in [-0.15, -0.1) is 0 Å². The molecule has 0 bridgehead atoms. The standard InChI is InChI=1S/C13H17NO4/c1-14(13(16)9-15)8-10-3-4-11-12(7-10)18-6-2-5-17-11/h3-4,7,15H,2,5-6,8-9H2,1H3. The molecular formula is C13H17NO4. The Bertz CT molecular complexity index is 433. The van der Waals surface area contributed by atoms with Crippen molar-refractivity contribution in [2.75, 3.05) is 26.9 Å². The number of carbonyl (C=O) groups is 1. The lowest BCUT2D eigenvalue weighted by Gasteiger charge is -2.17. The summed E-state index contributed by atoms with van der Waals surface area (Å²) in [5.74, 6) is 1.16. The second-order valence-electron chi connectivity index (χ2n) is 4.24. The van der Waals surface area contributed by atoms with Crippen LogP contribution in [0, 0.1) is 0 Å². The highest BCUT2D eigenvalue weighted by Crippen LogP contribution is 2.30. The Balaban J connectivity index is 2.10. The zero-order valence-electron chi connectivity index (χ0n) is 10.4. The Morgan fingerprint density at radius 3 is 2.78 bits per heavy atom. The predicted molar refractivity (Wildman–Crippen MR) is 65.6 cm³/mol. The summed E-state index contributed by atoms with van der Waals surface area (Å²) in [4.78, 5) is 12.8. The van der Waals surface area contributed by atoms with E-state index in [1.54, 1.807) is 7.05 Å². The van der Waals surface area contributed by atoms with E-state index < -0.39 is 6.61 Å². The number of carbonyl (C=O) groups excluding carboxylic acids is 1. The van der Waals surface area contributed by atoms with Crippen LogP contribution in [0.3, 0.4) is 0 Å². The van der Waals surface area contributed by atoms with Crippen molar-refractivity contribution in [1.29, 1.82) is 0 Å². The summed E-state index contributed by atoms with van der Waals surface area (Å²) in [6.07, 6.45) is 0.868. The number of hydrogen-bond donors (Lipinski definition) is 1. The molecule has 1 aliphatic heterocycles. The molecule has 98 valence electrons. The fraction of sp³-hybridized carbons (Fsp3) is 0.462. The maximum atomic E-state index is 11.3. The fourth-order valence-electron chi connectivity index (χ4n) is 1.79. The maximum absolute atomic E-state index is 11.3. The Morgan fingerprint density at radius 2 is 2.06 bits per heavy atom. The van der Waals surface area contributed by atoms with Crippen LogP contribution >= 0.6 is 0 Å². The number of aliphatic hydroxyl groups is 1. The van der Waals surface area contributed by atoms with E-state index in [1.807, 2.05) is 18.2 Å². The van der Waals surface area contributed by atoms with E-state index in [0.717, 1.165) is 23.5 Å². The van der Waals surface area contributed by atoms with E-state index in [9.17, 15) is 4.79 Å². The summed E-state index contributed by atoms with van der Waals surface area (Å²) in [6, 6.07) is 5.63. The molecule has 1 aliphatic rings. The minimum atomic E-state index is -0.471. The summed E-state index contributed by atoms with van der Waals surface area (Å²) in [5, 5.41) is 8.78. The van der Waals surface area contributed by atoms with E-state index in [0.29, 0.717) is 19.8 Å². The monoisotopic (exact) mass is 251 g/mol. The molecular weight excluding hydrogens is 234 g/mol. The van der Waals surface area contributed by atoms with Gasteiger partial charge in [-0.1, -0.05) is 6.07 Å². The molecule has 0 unspecified atom stereocenters. The van der Waals surface area contributed by atoms with Crippen LogP contribution in [0.1, 0.15) is 12.0 Å². The van der Waals surface area contributed by atoms with Crippen LogP contribution in [0.4, 0.5) is 0 Å². The predicted octanol–water partition coefficient (Wildman–Crippen LogP) is 0.799. The Kier molecular flexibility index (Phi) is 4.04. The van der Waals surface area contributed by atoms with Crippen molar-refractivity contribution in [2.45, 2.75) is 13.0 Å². The number of benzene rings is 1. The molecule has 1 aromatic rings. The van der Waals surface area contributed by atoms with Crippen molar-refractivity contribution in [3.8, 4) is 11.5 Å². The SMILES string of the molecule is CN(Cc1ccc2c(c1)OCCCO2)C(=O)CO. The highest BCUT2D eigenvalue weighted by atomic mass is 16.5. The molecule has 0 saturated heterocycles. The summed E-state index contributed by atoms with van der Waals surface area (Å²) < 4.78 is 11.1. The fourth-order valence-corrected chi connectivity index (χ4v) is 1.79. The van der Waals surface area contributed by atoms with Crippen molar-refractivity contribution < 1.29 is 19.4 Å². The number of amides is 1. The van der Waals surface area contributed by atoms with Gasteiger partial charge in [0.1, 0.15) is 6.61 Å². The second-order valence-corrected chi connectivity index (χ2v) is 4.24. The van der Waals surface area contributed by atoms with Crippen LogP contribution < -0.4 is 9.47 Å². The largest absolute Gasteiger partial charge is 0.490 e. The van der Waals surface area contributed by atoms with Crippen LogP contribution in [0.15, 0.2) is 18.2 Å². The van der Waals surface area contributed by atoms with Crippen molar-refractivity contribution in [3.05, 3.63) is 23.8 Å². The number of nitrogens with zero attached hydrogens (tertiary/aromatic N) is 1. The normalized spacial score (nSPS) is 13.9. The Morgan fingerprint density at radius 1 is 1.33 bits per heavy atom. The Labute approximate surface area is 106 Å². The van der Waals surface area contributed by atoms with Gasteiger partial charge >= 0.3 is 0 Å². The van der Waals surface area contributed by atoms with Gasteiger partial charge in [0.15, 0.2) is 11.5 Å². The smallest absolute Gasteiger partial charge is 0.248 e. The van der Waals surface area contributed by atoms with Gasteiger partial charge in [-0.25, -0.2) is 0 Å². The molecule has 5 nitrogen and oxygen atoms in total. The first-order chi connectivity index (χ1) is 8.70. The summed E-state index contributed by atoms with van der Waals surface area (Å²) >= 11 is 0. The minimum absolute atomic E-state index is 0.304. The topological polar surface area (TPSA) is 59.0 Å². The van der Waals surface area contributed by atoms with Gasteiger partial charge in [0, 0.05) is 20.0 Å². The molecule has 0 aromatic heterocycles. The summed E-state index contributed by atoms with van der Waals surface area (Å²) in [6.45, 7) is 1.27. The molecule has 0 atom stereocenters. The quantitative estimate of drug-likeness (QED) is 0.863. The van der Waals surface area contributed by atoms with Crippen molar-refractivity contribution in [1.82, 2.24) is 4.90 Å². The van der Waals surface area contributed by atoms with E-state index in [1.165, 1.54) is 4.90 Å². The van der Waals surface area contributed by atoms with Gasteiger partial charge in [0.05, 0.1) is 13.2 Å². The van der Waals surface area contributed by atoms with Crippen LogP contribution in [-0.2, 0) is 11.3 Å². The number of hydrogen-bond acceptors (Lipinski definition) is 4. The molecule has 18 heavy (non-hydrogen) atoms. The van der Waals surface area contributed by atoms with Gasteiger partial charge in [-0.05, 0) is 17.7 Å². The van der Waals surface area contributed by atoms with Crippen LogP contribution in [-0.4, -0.2) is 42.8 Å². The molecule has 0 saturated carbocycles. The average Bonchev–Trinajstić information content (AvgIpc) is 2.62. The summed E-state index contributed by atoms with van der Waals surface area (Å²) in [7, 11) is 1.65. The number of likely N-dealkylation sites (N-methyl/N-ethyl adjacent to an activating group) is 1. The minimum Gasteiger partial charge on any atom is -0.490 e. The zero-order chi connectivity index (χ0) is 13.0. The van der Waals surface area contributed by atoms with E-state index in [4.69, 9.17) is 14.6 Å². The average molecular weight is 251 g/mol. The molecule has 0 radical (unpaired) electrons. The first kappa shape index (κ1) is 12.7. The number of fused-ring (bicyclic) bond motifs is 1. The van der Waals surface area contributed by atoms with Crippen molar-refractivity contribution in [2.24, 2.45) is 0 Å². The van der Waals surface area contributed by atoms with Gasteiger partial charge in [-0.3, -0.25) is 4.79 Å². The summed E-state index contributed by atoms with van der Waals surface area (Å²) in [5.41, 5.74) is 0.948. The maximum Gasteiger partial charge on any atom is 0.248 e. The number of ether oxygens (including phenoxy) is 2. The van der Waals surface area contributed by atoms with Crippen molar-refractivity contribution in [3.63, 3.8) is 0 Å². The third-order valence-corrected chi connectivity index (χ3v) is 2.79. The highest BCUT2D eigenvalue weighted by molar-refractivity contribution is 5.76. The van der Waals surface area contributed by atoms with E-state index in [2.05, 4.69) is 0 Å². The molecule has 0 fully saturated rings. The molecule has 2 rings (SSSR count). The molecule has 0 spiro atoms. The van der Waals surface area contributed by atoms with Crippen LogP contribution in [0.5, 0.6) is 11.5 Å². The molecule has 1 aromatic carbocycles. The lowest BCUT2D eigenvalue weighted by atomic mass is 10.2. The number of aliphatic hydroxyl groups excluding tert-OH is 1. The first-order valence-electron chi connectivity index (χ1n) is 5.94. The Hall–Kier alpha value is -1.75. The molecule has 5 heteroatoms. The third kappa shape index (κ3) is 2.92. The number of rotatable bonds is 3. The molecule has 1 amide bonds. The molecule has 0 aliphatic carbocycles. The zero-order valence-corrected chi connectivity index (χ0v) is 10.4. The van der Waals surface area contributed by atoms with Gasteiger partial charge in [0.25, 0.3) is 0 Å². The third-order valence-electron chi connectivity index (χ3n) is 2.79. The van der Waals surface area contributed by atoms with E-state index >= 15 is 0 Å². The lowest BCUT2D eigenvalue weighted by molar-refractivity contribution is -0.133. The lowest BCUT2D eigenvalue weighted by Crippen LogP contribution is -2.28. The van der Waals surface area contributed by atoms with E-state index in [-0.39, 0.29) is 5.91 Å². The second kappa shape index (κ2) is 5.73. The van der Waals surface area contributed by atoms with Gasteiger partial charge in [-0.2, -0.15) is 0 Å². The van der Waals surface area contributed by atoms with Gasteiger partial charge in [0.2, 0.25) is 5.91 Å². The molecule has 1 heterocycles. The van der Waals surface area contributed by atoms with Crippen LogP contribution in [0.2, 0.25) is 0 Å².